The van der Waals surface area contributed by atoms with E-state index in [9.17, 15) is 4.79 Å². The van der Waals surface area contributed by atoms with E-state index >= 15 is 0 Å². The Balaban J connectivity index is 2.38. The minimum absolute atomic E-state index is 0.00348. The molecule has 0 saturated heterocycles. The Morgan fingerprint density at radius 3 is 2.47 bits per heavy atom. The largest absolute Gasteiger partial charge is 0.483 e. The Hall–Kier alpha value is -1.83. The second-order valence-corrected chi connectivity index (χ2v) is 4.45. The fourth-order valence-electron chi connectivity index (χ4n) is 2.30. The molecule has 1 aromatic carbocycles. The van der Waals surface area contributed by atoms with Gasteiger partial charge in [-0.3, -0.25) is 4.79 Å². The van der Waals surface area contributed by atoms with Crippen LogP contribution in [0.2, 0.25) is 0 Å². The van der Waals surface area contributed by atoms with Gasteiger partial charge in [0.1, 0.15) is 0 Å². The summed E-state index contributed by atoms with van der Waals surface area (Å²) in [5.74, 6) is 0.536. The van der Waals surface area contributed by atoms with E-state index in [4.69, 9.17) is 4.74 Å². The van der Waals surface area contributed by atoms with Crippen molar-refractivity contribution in [2.24, 2.45) is 0 Å². The maximum Gasteiger partial charge on any atom is 0.203 e. The third-order valence-corrected chi connectivity index (χ3v) is 3.18. The quantitative estimate of drug-likeness (QED) is 0.742. The SMILES string of the molecule is C=C[C@H](c1ccccc1)[C@]1(C)OC(C)=CC1=O. The van der Waals surface area contributed by atoms with Crippen LogP contribution in [-0.4, -0.2) is 11.4 Å². The van der Waals surface area contributed by atoms with Crippen molar-refractivity contribution in [1.29, 1.82) is 0 Å². The molecule has 2 heteroatoms. The van der Waals surface area contributed by atoms with E-state index in [0.717, 1.165) is 5.56 Å². The molecule has 0 N–H and O–H groups in total. The molecule has 0 aromatic heterocycles. The number of carbonyl (C=O) groups is 1. The standard InChI is InChI=1S/C15H16O2/c1-4-13(12-8-6-5-7-9-12)15(3)14(16)10-11(2)17-15/h4-10,13H,1H2,2-3H3/t13-,15+/m1/s1. The zero-order valence-corrected chi connectivity index (χ0v) is 10.1. The first-order chi connectivity index (χ1) is 8.08. The molecule has 2 nitrogen and oxygen atoms in total. The van der Waals surface area contributed by atoms with Gasteiger partial charge in [0.2, 0.25) is 5.78 Å². The molecule has 2 rings (SSSR count). The van der Waals surface area contributed by atoms with Gasteiger partial charge in [0, 0.05) is 12.0 Å². The average Bonchev–Trinajstić information content (AvgIpc) is 2.55. The Bertz CT molecular complexity index is 473. The molecule has 1 heterocycles. The molecule has 0 saturated carbocycles. The third-order valence-electron chi connectivity index (χ3n) is 3.18. The molecule has 0 aliphatic carbocycles. The van der Waals surface area contributed by atoms with Gasteiger partial charge in [0.15, 0.2) is 5.60 Å². The van der Waals surface area contributed by atoms with Gasteiger partial charge in [0.05, 0.1) is 5.76 Å². The van der Waals surface area contributed by atoms with Crippen molar-refractivity contribution in [3.05, 3.63) is 60.4 Å². The average molecular weight is 228 g/mol. The van der Waals surface area contributed by atoms with E-state index in [2.05, 4.69) is 6.58 Å². The third kappa shape index (κ3) is 1.91. The van der Waals surface area contributed by atoms with Crippen LogP contribution in [0.3, 0.4) is 0 Å². The fourth-order valence-corrected chi connectivity index (χ4v) is 2.30. The highest BCUT2D eigenvalue weighted by atomic mass is 16.5. The predicted molar refractivity (Wildman–Crippen MR) is 67.6 cm³/mol. The monoisotopic (exact) mass is 228 g/mol. The number of allylic oxidation sites excluding steroid dienone is 1. The summed E-state index contributed by atoms with van der Waals surface area (Å²) < 4.78 is 5.71. The highest BCUT2D eigenvalue weighted by Gasteiger charge is 2.45. The number of carbonyl (C=O) groups excluding carboxylic acids is 1. The van der Waals surface area contributed by atoms with Gasteiger partial charge in [0.25, 0.3) is 0 Å². The highest BCUT2D eigenvalue weighted by Crippen LogP contribution is 2.38. The van der Waals surface area contributed by atoms with Gasteiger partial charge in [-0.25, -0.2) is 0 Å². The van der Waals surface area contributed by atoms with Crippen molar-refractivity contribution >= 4 is 5.78 Å². The lowest BCUT2D eigenvalue weighted by Crippen LogP contribution is -2.38. The molecule has 0 spiro atoms. The van der Waals surface area contributed by atoms with Crippen molar-refractivity contribution in [2.75, 3.05) is 0 Å². The zero-order chi connectivity index (χ0) is 12.5. The van der Waals surface area contributed by atoms with E-state index in [1.807, 2.05) is 37.3 Å². The summed E-state index contributed by atoms with van der Waals surface area (Å²) in [4.78, 5) is 12.0. The van der Waals surface area contributed by atoms with Gasteiger partial charge in [-0.05, 0) is 19.4 Å². The lowest BCUT2D eigenvalue weighted by molar-refractivity contribution is -0.129. The normalized spacial score (nSPS) is 25.1. The van der Waals surface area contributed by atoms with Crippen LogP contribution < -0.4 is 0 Å². The van der Waals surface area contributed by atoms with Crippen LogP contribution in [0.25, 0.3) is 0 Å². The first-order valence-electron chi connectivity index (χ1n) is 5.67. The van der Waals surface area contributed by atoms with Crippen molar-refractivity contribution < 1.29 is 9.53 Å². The van der Waals surface area contributed by atoms with Crippen molar-refractivity contribution in [2.45, 2.75) is 25.4 Å². The van der Waals surface area contributed by atoms with Crippen molar-refractivity contribution in [3.8, 4) is 0 Å². The van der Waals surface area contributed by atoms with Gasteiger partial charge >= 0.3 is 0 Å². The van der Waals surface area contributed by atoms with Crippen LogP contribution in [0, 0.1) is 0 Å². The molecule has 0 unspecified atom stereocenters. The summed E-state index contributed by atoms with van der Waals surface area (Å²) in [6.45, 7) is 7.45. The first-order valence-corrected chi connectivity index (χ1v) is 5.67. The van der Waals surface area contributed by atoms with Crippen LogP contribution in [0.5, 0.6) is 0 Å². The summed E-state index contributed by atoms with van der Waals surface area (Å²) in [5, 5.41) is 0. The molecule has 1 aromatic rings. The Kier molecular flexibility index (Phi) is 2.88. The zero-order valence-electron chi connectivity index (χ0n) is 10.1. The van der Waals surface area contributed by atoms with Crippen molar-refractivity contribution in [3.63, 3.8) is 0 Å². The summed E-state index contributed by atoms with van der Waals surface area (Å²) in [6.07, 6.45) is 3.33. The van der Waals surface area contributed by atoms with Crippen LogP contribution in [-0.2, 0) is 9.53 Å². The van der Waals surface area contributed by atoms with Crippen LogP contribution in [0.1, 0.15) is 25.3 Å². The summed E-state index contributed by atoms with van der Waals surface area (Å²) in [7, 11) is 0. The van der Waals surface area contributed by atoms with Crippen molar-refractivity contribution in [1.82, 2.24) is 0 Å². The molecular formula is C15H16O2. The second kappa shape index (κ2) is 4.21. The number of hydrogen-bond donors (Lipinski definition) is 0. The van der Waals surface area contributed by atoms with Gasteiger partial charge in [-0.1, -0.05) is 36.4 Å². The maximum absolute atomic E-state index is 12.0. The number of ketones is 1. The van der Waals surface area contributed by atoms with E-state index in [1.54, 1.807) is 19.1 Å². The minimum atomic E-state index is -0.854. The van der Waals surface area contributed by atoms with Crippen LogP contribution in [0.15, 0.2) is 54.8 Å². The molecular weight excluding hydrogens is 212 g/mol. The number of ether oxygens (including phenoxy) is 1. The fraction of sp³-hybridized carbons (Fsp3) is 0.267. The van der Waals surface area contributed by atoms with Gasteiger partial charge < -0.3 is 4.74 Å². The Morgan fingerprint density at radius 1 is 1.35 bits per heavy atom. The first kappa shape index (κ1) is 11.6. The molecule has 0 bridgehead atoms. The number of hydrogen-bond acceptors (Lipinski definition) is 2. The lowest BCUT2D eigenvalue weighted by atomic mass is 9.81. The smallest absolute Gasteiger partial charge is 0.203 e. The molecule has 2 atom stereocenters. The number of rotatable bonds is 3. The molecule has 0 radical (unpaired) electrons. The van der Waals surface area contributed by atoms with Gasteiger partial charge in [-0.2, -0.15) is 0 Å². The molecule has 0 amide bonds. The Morgan fingerprint density at radius 2 is 2.00 bits per heavy atom. The molecule has 0 fully saturated rings. The molecule has 1 aliphatic rings. The number of benzene rings is 1. The highest BCUT2D eigenvalue weighted by molar-refractivity contribution is 6.00. The van der Waals surface area contributed by atoms with E-state index in [-0.39, 0.29) is 11.7 Å². The van der Waals surface area contributed by atoms with Crippen LogP contribution >= 0.6 is 0 Å². The van der Waals surface area contributed by atoms with E-state index in [1.165, 1.54) is 0 Å². The summed E-state index contributed by atoms with van der Waals surface area (Å²) in [6, 6.07) is 9.83. The van der Waals surface area contributed by atoms with E-state index < -0.39 is 5.60 Å². The summed E-state index contributed by atoms with van der Waals surface area (Å²) >= 11 is 0. The maximum atomic E-state index is 12.0. The topological polar surface area (TPSA) is 26.3 Å². The Labute approximate surface area is 102 Å². The lowest BCUT2D eigenvalue weighted by Gasteiger charge is -2.31. The molecule has 1 aliphatic heterocycles. The summed E-state index contributed by atoms with van der Waals surface area (Å²) in [5.41, 5.74) is 0.189. The second-order valence-electron chi connectivity index (χ2n) is 4.45. The predicted octanol–water partition coefficient (Wildman–Crippen LogP) is 3.22. The van der Waals surface area contributed by atoms with Gasteiger partial charge in [-0.15, -0.1) is 6.58 Å². The molecule has 88 valence electrons. The minimum Gasteiger partial charge on any atom is -0.483 e. The van der Waals surface area contributed by atoms with E-state index in [0.29, 0.717) is 5.76 Å². The molecule has 17 heavy (non-hydrogen) atoms. The van der Waals surface area contributed by atoms with Crippen LogP contribution in [0.4, 0.5) is 0 Å².